The number of nitro groups is 1. The van der Waals surface area contributed by atoms with Crippen molar-refractivity contribution < 1.29 is 9.34 Å². The second-order valence-corrected chi connectivity index (χ2v) is 4.70. The number of anilines is 1. The molecule has 0 fully saturated rings. The third kappa shape index (κ3) is 3.21. The second kappa shape index (κ2) is 6.38. The van der Waals surface area contributed by atoms with Gasteiger partial charge < -0.3 is 9.73 Å². The molecule has 0 amide bonds. The lowest BCUT2D eigenvalue weighted by Crippen LogP contribution is -2.06. The quantitative estimate of drug-likeness (QED) is 0.621. The molecule has 21 heavy (non-hydrogen) atoms. The molecule has 0 saturated carbocycles. The monoisotopic (exact) mass is 293 g/mol. The zero-order chi connectivity index (χ0) is 15.4. The van der Waals surface area contributed by atoms with Crippen LogP contribution in [0.15, 0.2) is 10.6 Å². The van der Waals surface area contributed by atoms with E-state index in [9.17, 15) is 10.1 Å². The predicted octanol–water partition coefficient (Wildman–Crippen LogP) is 2.44. The Hall–Kier alpha value is -2.38. The summed E-state index contributed by atoms with van der Waals surface area (Å²) in [6.07, 6.45) is 3.80. The summed E-state index contributed by atoms with van der Waals surface area (Å²) in [6.45, 7) is 4.22. The zero-order valence-corrected chi connectivity index (χ0v) is 12.4. The number of hydrogen-bond donors (Lipinski definition) is 1. The van der Waals surface area contributed by atoms with Crippen molar-refractivity contribution in [3.8, 4) is 0 Å². The Bertz CT molecular complexity index is 632. The lowest BCUT2D eigenvalue weighted by molar-refractivity contribution is -0.384. The van der Waals surface area contributed by atoms with Crippen molar-refractivity contribution in [2.24, 2.45) is 7.05 Å². The van der Waals surface area contributed by atoms with Crippen molar-refractivity contribution in [1.29, 1.82) is 0 Å². The highest BCUT2D eigenvalue weighted by Crippen LogP contribution is 2.29. The molecule has 0 atom stereocenters. The average molecular weight is 293 g/mol. The molecule has 0 radical (unpaired) electrons. The van der Waals surface area contributed by atoms with E-state index in [0.717, 1.165) is 18.6 Å². The van der Waals surface area contributed by atoms with Crippen LogP contribution in [0, 0.1) is 10.1 Å². The number of hydrogen-bond acceptors (Lipinski definition) is 6. The minimum Gasteiger partial charge on any atom is -0.444 e. The smallest absolute Gasteiger partial charge is 0.334 e. The van der Waals surface area contributed by atoms with Crippen molar-refractivity contribution in [2.45, 2.75) is 39.7 Å². The number of rotatable bonds is 7. The van der Waals surface area contributed by atoms with Gasteiger partial charge in [-0.1, -0.05) is 20.3 Å². The molecule has 0 spiro atoms. The van der Waals surface area contributed by atoms with E-state index < -0.39 is 4.92 Å². The van der Waals surface area contributed by atoms with E-state index in [4.69, 9.17) is 4.42 Å². The first-order valence-corrected chi connectivity index (χ1v) is 6.94. The largest absolute Gasteiger partial charge is 0.444 e. The maximum atomic E-state index is 11.3. The first-order valence-electron chi connectivity index (χ1n) is 6.94. The first kappa shape index (κ1) is 15.0. The minimum atomic E-state index is -0.395. The van der Waals surface area contributed by atoms with Gasteiger partial charge in [0.05, 0.1) is 17.7 Å². The van der Waals surface area contributed by atoms with Crippen LogP contribution in [0.1, 0.15) is 37.6 Å². The molecular weight excluding hydrogens is 274 g/mol. The van der Waals surface area contributed by atoms with Gasteiger partial charge in [0.1, 0.15) is 11.5 Å². The second-order valence-electron chi connectivity index (χ2n) is 4.70. The molecule has 0 saturated heterocycles. The Morgan fingerprint density at radius 2 is 2.24 bits per heavy atom. The Morgan fingerprint density at radius 1 is 1.48 bits per heavy atom. The van der Waals surface area contributed by atoms with E-state index in [1.165, 1.54) is 4.68 Å². The Morgan fingerprint density at radius 3 is 2.81 bits per heavy atom. The van der Waals surface area contributed by atoms with E-state index in [2.05, 4.69) is 15.4 Å². The van der Waals surface area contributed by atoms with Gasteiger partial charge in [-0.25, -0.2) is 9.67 Å². The van der Waals surface area contributed by atoms with E-state index in [-0.39, 0.29) is 12.2 Å². The van der Waals surface area contributed by atoms with Gasteiger partial charge in [0.25, 0.3) is 0 Å². The molecule has 114 valence electrons. The van der Waals surface area contributed by atoms with Gasteiger partial charge in [-0.3, -0.25) is 10.1 Å². The van der Waals surface area contributed by atoms with Crippen LogP contribution in [-0.4, -0.2) is 19.7 Å². The molecule has 2 rings (SSSR count). The van der Waals surface area contributed by atoms with Crippen LogP contribution < -0.4 is 5.32 Å². The number of oxazole rings is 1. The fraction of sp³-hybridized carbons (Fsp3) is 0.538. The lowest BCUT2D eigenvalue weighted by atomic mass is 10.2. The molecule has 2 aromatic heterocycles. The van der Waals surface area contributed by atoms with Gasteiger partial charge in [-0.2, -0.15) is 5.10 Å². The third-order valence-electron chi connectivity index (χ3n) is 3.12. The molecule has 8 heteroatoms. The van der Waals surface area contributed by atoms with Gasteiger partial charge in [-0.15, -0.1) is 0 Å². The van der Waals surface area contributed by atoms with E-state index in [1.807, 2.05) is 13.8 Å². The molecule has 0 unspecified atom stereocenters. The van der Waals surface area contributed by atoms with Gasteiger partial charge in [0.15, 0.2) is 0 Å². The van der Waals surface area contributed by atoms with Crippen LogP contribution in [0.3, 0.4) is 0 Å². The summed E-state index contributed by atoms with van der Waals surface area (Å²) in [6, 6.07) is 0. The number of nitrogens with zero attached hydrogens (tertiary/aromatic N) is 4. The normalized spacial score (nSPS) is 10.8. The zero-order valence-electron chi connectivity index (χ0n) is 12.4. The van der Waals surface area contributed by atoms with Crippen molar-refractivity contribution in [1.82, 2.24) is 14.8 Å². The average Bonchev–Trinajstić information content (AvgIpc) is 3.01. The van der Waals surface area contributed by atoms with Gasteiger partial charge in [0, 0.05) is 13.5 Å². The molecule has 8 nitrogen and oxygen atoms in total. The van der Waals surface area contributed by atoms with Crippen LogP contribution in [-0.2, 0) is 26.4 Å². The Balaban J connectivity index is 2.20. The van der Waals surface area contributed by atoms with Crippen LogP contribution in [0.4, 0.5) is 11.5 Å². The summed E-state index contributed by atoms with van der Waals surface area (Å²) in [5, 5.41) is 18.5. The highest BCUT2D eigenvalue weighted by Gasteiger charge is 2.26. The summed E-state index contributed by atoms with van der Waals surface area (Å²) in [5.74, 6) is 1.66. The van der Waals surface area contributed by atoms with Crippen molar-refractivity contribution in [3.05, 3.63) is 33.7 Å². The van der Waals surface area contributed by atoms with E-state index >= 15 is 0 Å². The number of aryl methyl sites for hydroxylation is 3. The predicted molar refractivity (Wildman–Crippen MR) is 77.1 cm³/mol. The summed E-state index contributed by atoms with van der Waals surface area (Å²) < 4.78 is 6.97. The standard InChI is InChI=1S/C13H19N5O3/c1-4-6-10-12(18(19)20)13(17(3)16-10)15-8-11-14-7-9(5-2)21-11/h7,15H,4-6,8H2,1-3H3. The summed E-state index contributed by atoms with van der Waals surface area (Å²) in [7, 11) is 1.68. The fourth-order valence-electron chi connectivity index (χ4n) is 2.12. The Kier molecular flexibility index (Phi) is 4.56. The van der Waals surface area contributed by atoms with Gasteiger partial charge in [-0.05, 0) is 6.42 Å². The van der Waals surface area contributed by atoms with Crippen molar-refractivity contribution in [2.75, 3.05) is 5.32 Å². The lowest BCUT2D eigenvalue weighted by Gasteiger charge is -2.03. The highest BCUT2D eigenvalue weighted by molar-refractivity contribution is 5.59. The van der Waals surface area contributed by atoms with E-state index in [0.29, 0.717) is 23.8 Å². The molecule has 0 aromatic carbocycles. The molecule has 0 aliphatic rings. The molecule has 2 aromatic rings. The molecule has 0 aliphatic heterocycles. The molecular formula is C13H19N5O3. The SMILES string of the molecule is CCCc1nn(C)c(NCc2ncc(CC)o2)c1[N+](=O)[O-]. The molecule has 2 heterocycles. The fourth-order valence-corrected chi connectivity index (χ4v) is 2.12. The first-order chi connectivity index (χ1) is 10.1. The third-order valence-corrected chi connectivity index (χ3v) is 3.12. The topological polar surface area (TPSA) is 99.0 Å². The molecule has 0 aliphatic carbocycles. The van der Waals surface area contributed by atoms with Crippen LogP contribution >= 0.6 is 0 Å². The summed E-state index contributed by atoms with van der Waals surface area (Å²) in [5.41, 5.74) is 0.524. The van der Waals surface area contributed by atoms with Crippen LogP contribution in [0.5, 0.6) is 0 Å². The summed E-state index contributed by atoms with van der Waals surface area (Å²) in [4.78, 5) is 15.0. The maximum absolute atomic E-state index is 11.3. The highest BCUT2D eigenvalue weighted by atomic mass is 16.6. The Labute approximate surface area is 122 Å². The van der Waals surface area contributed by atoms with Crippen LogP contribution in [0.2, 0.25) is 0 Å². The molecule has 0 bridgehead atoms. The van der Waals surface area contributed by atoms with E-state index in [1.54, 1.807) is 13.2 Å². The van der Waals surface area contributed by atoms with Gasteiger partial charge >= 0.3 is 5.69 Å². The summed E-state index contributed by atoms with van der Waals surface area (Å²) >= 11 is 0. The van der Waals surface area contributed by atoms with Crippen molar-refractivity contribution in [3.63, 3.8) is 0 Å². The minimum absolute atomic E-state index is 0.0293. The van der Waals surface area contributed by atoms with Crippen LogP contribution in [0.25, 0.3) is 0 Å². The number of nitrogens with one attached hydrogen (secondary N) is 1. The van der Waals surface area contributed by atoms with Crippen molar-refractivity contribution >= 4 is 11.5 Å². The van der Waals surface area contributed by atoms with Gasteiger partial charge in [0.2, 0.25) is 11.7 Å². The maximum Gasteiger partial charge on any atom is 0.334 e. The molecule has 1 N–H and O–H groups in total. The number of aromatic nitrogens is 3.